The van der Waals surface area contributed by atoms with Gasteiger partial charge >= 0.3 is 0 Å². The highest BCUT2D eigenvalue weighted by Gasteiger charge is 2.15. The molecule has 1 fully saturated rings. The molecule has 3 nitrogen and oxygen atoms in total. The van der Waals surface area contributed by atoms with Gasteiger partial charge in [0.15, 0.2) is 5.75 Å². The van der Waals surface area contributed by atoms with Crippen molar-refractivity contribution in [1.29, 1.82) is 0 Å². The fraction of sp³-hybridized carbons (Fsp3) is 0.500. The molecule has 0 aliphatic carbocycles. The third-order valence-corrected chi connectivity index (χ3v) is 1.81. The second-order valence-electron chi connectivity index (χ2n) is 2.69. The van der Waals surface area contributed by atoms with Gasteiger partial charge in [-0.2, -0.15) is 0 Å². The van der Waals surface area contributed by atoms with E-state index < -0.39 is 0 Å². The number of nitrogens with one attached hydrogen (secondary N) is 1. The summed E-state index contributed by atoms with van der Waals surface area (Å²) in [7, 11) is 0. The van der Waals surface area contributed by atoms with E-state index in [0.717, 1.165) is 25.3 Å². The average Bonchev–Trinajstić information content (AvgIpc) is 2.60. The van der Waals surface area contributed by atoms with E-state index in [4.69, 9.17) is 9.15 Å². The minimum atomic E-state index is 0.326. The zero-order valence-corrected chi connectivity index (χ0v) is 6.25. The molecule has 1 saturated heterocycles. The van der Waals surface area contributed by atoms with Crippen LogP contribution in [0.15, 0.2) is 23.0 Å². The summed E-state index contributed by atoms with van der Waals surface area (Å²) in [5.74, 6) is 0.832. The van der Waals surface area contributed by atoms with Gasteiger partial charge < -0.3 is 14.5 Å². The van der Waals surface area contributed by atoms with E-state index in [1.807, 2.05) is 6.07 Å². The van der Waals surface area contributed by atoms with E-state index in [-0.39, 0.29) is 0 Å². The summed E-state index contributed by atoms with van der Waals surface area (Å²) in [6.07, 6.45) is 4.66. The van der Waals surface area contributed by atoms with Crippen LogP contribution in [0.5, 0.6) is 5.75 Å². The Morgan fingerprint density at radius 1 is 1.64 bits per heavy atom. The van der Waals surface area contributed by atoms with E-state index in [9.17, 15) is 0 Å². The molecule has 3 heteroatoms. The molecule has 60 valence electrons. The zero-order valence-electron chi connectivity index (χ0n) is 6.25. The van der Waals surface area contributed by atoms with Gasteiger partial charge in [-0.25, -0.2) is 0 Å². The third-order valence-electron chi connectivity index (χ3n) is 1.81. The van der Waals surface area contributed by atoms with Crippen molar-refractivity contribution in [2.45, 2.75) is 12.5 Å². The molecule has 0 saturated carbocycles. The van der Waals surface area contributed by atoms with Gasteiger partial charge in [-0.15, -0.1) is 0 Å². The summed E-state index contributed by atoms with van der Waals surface area (Å²) in [5, 5.41) is 3.23. The molecular formula is C8H11NO2. The zero-order chi connectivity index (χ0) is 7.52. The Hall–Kier alpha value is -0.960. The number of hydrogen-bond donors (Lipinski definition) is 1. The molecule has 0 amide bonds. The van der Waals surface area contributed by atoms with Crippen molar-refractivity contribution in [3.8, 4) is 5.75 Å². The summed E-state index contributed by atoms with van der Waals surface area (Å²) >= 11 is 0. The van der Waals surface area contributed by atoms with Crippen LogP contribution >= 0.6 is 0 Å². The van der Waals surface area contributed by atoms with Crippen LogP contribution in [0.1, 0.15) is 6.42 Å². The highest BCUT2D eigenvalue weighted by atomic mass is 16.5. The first-order valence-electron chi connectivity index (χ1n) is 3.85. The van der Waals surface area contributed by atoms with Crippen molar-refractivity contribution >= 4 is 0 Å². The Bertz CT molecular complexity index is 202. The Morgan fingerprint density at radius 2 is 2.64 bits per heavy atom. The lowest BCUT2D eigenvalue weighted by molar-refractivity contribution is 0.221. The molecule has 0 aromatic carbocycles. The SMILES string of the molecule is c1cc(OC2CCNC2)co1. The molecule has 2 heterocycles. The largest absolute Gasteiger partial charge is 0.486 e. The molecule has 0 spiro atoms. The van der Waals surface area contributed by atoms with Crippen molar-refractivity contribution in [3.63, 3.8) is 0 Å². The second kappa shape index (κ2) is 2.96. The van der Waals surface area contributed by atoms with Crippen molar-refractivity contribution < 1.29 is 9.15 Å². The van der Waals surface area contributed by atoms with Crippen molar-refractivity contribution in [2.75, 3.05) is 13.1 Å². The van der Waals surface area contributed by atoms with Crippen LogP contribution in [0.4, 0.5) is 0 Å². The Labute approximate surface area is 65.3 Å². The van der Waals surface area contributed by atoms with E-state index in [1.54, 1.807) is 12.5 Å². The van der Waals surface area contributed by atoms with E-state index in [1.165, 1.54) is 0 Å². The Balaban J connectivity index is 1.90. The lowest BCUT2D eigenvalue weighted by Gasteiger charge is -2.08. The maximum atomic E-state index is 5.56. The molecule has 1 aliphatic heterocycles. The van der Waals surface area contributed by atoms with E-state index in [2.05, 4.69) is 5.32 Å². The van der Waals surface area contributed by atoms with Gasteiger partial charge in [-0.1, -0.05) is 0 Å². The van der Waals surface area contributed by atoms with Gasteiger partial charge in [0.05, 0.1) is 6.26 Å². The summed E-state index contributed by atoms with van der Waals surface area (Å²) < 4.78 is 10.4. The van der Waals surface area contributed by atoms with Gasteiger partial charge in [-0.05, 0) is 13.0 Å². The minimum Gasteiger partial charge on any atom is -0.486 e. The molecule has 11 heavy (non-hydrogen) atoms. The maximum Gasteiger partial charge on any atom is 0.157 e. The van der Waals surface area contributed by atoms with E-state index in [0.29, 0.717) is 6.10 Å². The first-order chi connectivity index (χ1) is 5.45. The normalized spacial score (nSPS) is 23.8. The highest BCUT2D eigenvalue weighted by molar-refractivity contribution is 5.13. The third kappa shape index (κ3) is 1.54. The van der Waals surface area contributed by atoms with Gasteiger partial charge in [0, 0.05) is 12.6 Å². The van der Waals surface area contributed by atoms with Gasteiger partial charge in [0.25, 0.3) is 0 Å². The molecule has 2 rings (SSSR count). The molecule has 0 radical (unpaired) electrons. The molecule has 1 aromatic heterocycles. The molecule has 1 aliphatic rings. The number of hydrogen-bond acceptors (Lipinski definition) is 3. The lowest BCUT2D eigenvalue weighted by Crippen LogP contribution is -2.19. The van der Waals surface area contributed by atoms with Crippen LogP contribution in [0, 0.1) is 0 Å². The smallest absolute Gasteiger partial charge is 0.157 e. The van der Waals surface area contributed by atoms with Gasteiger partial charge in [0.1, 0.15) is 12.4 Å². The first kappa shape index (κ1) is 6.73. The van der Waals surface area contributed by atoms with Gasteiger partial charge in [0.2, 0.25) is 0 Å². The summed E-state index contributed by atoms with van der Waals surface area (Å²) in [6.45, 7) is 2.01. The lowest BCUT2D eigenvalue weighted by atomic mass is 10.3. The van der Waals surface area contributed by atoms with E-state index >= 15 is 0 Å². The summed E-state index contributed by atoms with van der Waals surface area (Å²) in [6, 6.07) is 1.83. The quantitative estimate of drug-likeness (QED) is 0.688. The fourth-order valence-electron chi connectivity index (χ4n) is 1.24. The number of ether oxygens (including phenoxy) is 1. The molecule has 0 bridgehead atoms. The molecule has 1 N–H and O–H groups in total. The second-order valence-corrected chi connectivity index (χ2v) is 2.69. The highest BCUT2D eigenvalue weighted by Crippen LogP contribution is 2.14. The van der Waals surface area contributed by atoms with Crippen molar-refractivity contribution in [2.24, 2.45) is 0 Å². The Morgan fingerprint density at radius 3 is 3.27 bits per heavy atom. The van der Waals surface area contributed by atoms with Crippen LogP contribution in [0.3, 0.4) is 0 Å². The molecule has 1 aromatic rings. The van der Waals surface area contributed by atoms with Crippen molar-refractivity contribution in [1.82, 2.24) is 5.32 Å². The molecule has 1 atom stereocenters. The van der Waals surface area contributed by atoms with Gasteiger partial charge in [-0.3, -0.25) is 0 Å². The monoisotopic (exact) mass is 153 g/mol. The number of furan rings is 1. The Kier molecular flexibility index (Phi) is 1.81. The first-order valence-corrected chi connectivity index (χ1v) is 3.85. The summed E-state index contributed by atoms with van der Waals surface area (Å²) in [4.78, 5) is 0. The van der Waals surface area contributed by atoms with Crippen LogP contribution in [-0.4, -0.2) is 19.2 Å². The number of rotatable bonds is 2. The summed E-state index contributed by atoms with van der Waals surface area (Å²) in [5.41, 5.74) is 0. The molecule has 1 unspecified atom stereocenters. The predicted molar refractivity (Wildman–Crippen MR) is 40.6 cm³/mol. The maximum absolute atomic E-state index is 5.56. The van der Waals surface area contributed by atoms with Crippen LogP contribution in [0.25, 0.3) is 0 Å². The standard InChI is InChI=1S/C8H11NO2/c1-3-9-5-7(1)11-8-2-4-10-6-8/h2,4,6-7,9H,1,3,5H2. The van der Waals surface area contributed by atoms with Crippen molar-refractivity contribution in [3.05, 3.63) is 18.6 Å². The average molecular weight is 153 g/mol. The van der Waals surface area contributed by atoms with Crippen LogP contribution in [-0.2, 0) is 0 Å². The predicted octanol–water partition coefficient (Wildman–Crippen LogP) is 1.02. The molecular weight excluding hydrogens is 142 g/mol. The fourth-order valence-corrected chi connectivity index (χ4v) is 1.24. The topological polar surface area (TPSA) is 34.4 Å². The van der Waals surface area contributed by atoms with Crippen LogP contribution < -0.4 is 10.1 Å². The minimum absolute atomic E-state index is 0.326. The van der Waals surface area contributed by atoms with Crippen LogP contribution in [0.2, 0.25) is 0 Å².